The van der Waals surface area contributed by atoms with Crippen molar-refractivity contribution in [2.75, 3.05) is 6.54 Å². The summed E-state index contributed by atoms with van der Waals surface area (Å²) in [5.41, 5.74) is 0. The number of rotatable bonds is 8. The van der Waals surface area contributed by atoms with Crippen molar-refractivity contribution in [1.82, 2.24) is 10.6 Å². The number of nitrogens with one attached hydrogen (secondary N) is 2. The quantitative estimate of drug-likeness (QED) is 0.548. The normalized spacial score (nSPS) is 11.6. The first-order valence-corrected chi connectivity index (χ1v) is 6.00. The second-order valence-corrected chi connectivity index (χ2v) is 4.05. The van der Waals surface area contributed by atoms with Crippen LogP contribution in [0, 0.1) is 0 Å². The number of hydrogen-bond acceptors (Lipinski definition) is 4. The Bertz CT molecular complexity index is 457. The third-order valence-corrected chi connectivity index (χ3v) is 2.49. The van der Waals surface area contributed by atoms with Crippen LogP contribution in [0.5, 0.6) is 0 Å². The van der Waals surface area contributed by atoms with E-state index < -0.39 is 24.0 Å². The van der Waals surface area contributed by atoms with Crippen molar-refractivity contribution in [1.29, 1.82) is 0 Å². The van der Waals surface area contributed by atoms with Crippen LogP contribution in [-0.2, 0) is 16.0 Å². The Balaban J connectivity index is 2.30. The van der Waals surface area contributed by atoms with Crippen molar-refractivity contribution in [3.05, 3.63) is 24.2 Å². The van der Waals surface area contributed by atoms with Gasteiger partial charge in [0.05, 0.1) is 6.26 Å². The number of hydrogen-bond donors (Lipinski definition) is 4. The van der Waals surface area contributed by atoms with E-state index in [-0.39, 0.29) is 19.4 Å². The molecule has 0 aliphatic heterocycles. The number of furan rings is 1. The van der Waals surface area contributed by atoms with Gasteiger partial charge in [0.2, 0.25) is 0 Å². The fraction of sp³-hybridized carbons (Fsp3) is 0.417. The molecule has 1 atom stereocenters. The molecule has 20 heavy (non-hydrogen) atoms. The monoisotopic (exact) mass is 284 g/mol. The van der Waals surface area contributed by atoms with Gasteiger partial charge in [-0.25, -0.2) is 9.59 Å². The first-order valence-electron chi connectivity index (χ1n) is 6.00. The fourth-order valence-corrected chi connectivity index (χ4v) is 1.49. The summed E-state index contributed by atoms with van der Waals surface area (Å²) >= 11 is 0. The third-order valence-electron chi connectivity index (χ3n) is 2.49. The summed E-state index contributed by atoms with van der Waals surface area (Å²) in [4.78, 5) is 32.7. The van der Waals surface area contributed by atoms with Gasteiger partial charge in [-0.1, -0.05) is 0 Å². The highest BCUT2D eigenvalue weighted by Gasteiger charge is 2.20. The van der Waals surface area contributed by atoms with Gasteiger partial charge < -0.3 is 25.3 Å². The molecule has 8 nitrogen and oxygen atoms in total. The van der Waals surface area contributed by atoms with E-state index in [1.165, 1.54) is 6.26 Å². The first-order chi connectivity index (χ1) is 9.49. The lowest BCUT2D eigenvalue weighted by atomic mass is 10.1. The number of aliphatic carboxylic acids is 2. The highest BCUT2D eigenvalue weighted by Crippen LogP contribution is 2.00. The van der Waals surface area contributed by atoms with E-state index in [1.807, 2.05) is 0 Å². The van der Waals surface area contributed by atoms with Gasteiger partial charge >= 0.3 is 18.0 Å². The van der Waals surface area contributed by atoms with Crippen LogP contribution in [0.4, 0.5) is 4.79 Å². The molecule has 0 spiro atoms. The molecule has 0 aromatic carbocycles. The molecule has 0 saturated heterocycles. The van der Waals surface area contributed by atoms with E-state index in [4.69, 9.17) is 14.6 Å². The molecule has 0 radical (unpaired) electrons. The summed E-state index contributed by atoms with van der Waals surface area (Å²) in [6.45, 7) is 0.282. The van der Waals surface area contributed by atoms with Crippen molar-refractivity contribution < 1.29 is 29.0 Å². The van der Waals surface area contributed by atoms with Crippen molar-refractivity contribution in [2.45, 2.75) is 25.3 Å². The summed E-state index contributed by atoms with van der Waals surface area (Å²) in [5.74, 6) is -1.69. The number of amides is 2. The molecular weight excluding hydrogens is 268 g/mol. The lowest BCUT2D eigenvalue weighted by molar-refractivity contribution is -0.140. The third kappa shape index (κ3) is 5.89. The van der Waals surface area contributed by atoms with Gasteiger partial charge in [-0.3, -0.25) is 4.79 Å². The molecule has 0 aliphatic carbocycles. The van der Waals surface area contributed by atoms with Gasteiger partial charge in [-0.15, -0.1) is 0 Å². The van der Waals surface area contributed by atoms with E-state index in [2.05, 4.69) is 10.6 Å². The Morgan fingerprint density at radius 3 is 2.60 bits per heavy atom. The number of carbonyl (C=O) groups excluding carboxylic acids is 1. The average Bonchev–Trinajstić information content (AvgIpc) is 2.87. The molecular formula is C12H16N2O6. The number of urea groups is 1. The summed E-state index contributed by atoms with van der Waals surface area (Å²) < 4.78 is 5.07. The maximum Gasteiger partial charge on any atom is 0.326 e. The number of carboxylic acid groups (broad SMARTS) is 2. The average molecular weight is 284 g/mol. The van der Waals surface area contributed by atoms with Gasteiger partial charge in [-0.2, -0.15) is 0 Å². The molecule has 0 fully saturated rings. The predicted molar refractivity (Wildman–Crippen MR) is 67.2 cm³/mol. The minimum atomic E-state index is -1.27. The molecule has 1 heterocycles. The molecule has 1 rings (SSSR count). The zero-order valence-corrected chi connectivity index (χ0v) is 10.7. The summed E-state index contributed by atoms with van der Waals surface area (Å²) in [7, 11) is 0. The minimum absolute atomic E-state index is 0.170. The second kappa shape index (κ2) is 7.82. The molecule has 4 N–H and O–H groups in total. The van der Waals surface area contributed by atoms with Crippen molar-refractivity contribution in [3.8, 4) is 0 Å². The maximum absolute atomic E-state index is 11.5. The van der Waals surface area contributed by atoms with Crippen LogP contribution >= 0.6 is 0 Å². The molecule has 0 aliphatic rings. The van der Waals surface area contributed by atoms with Crippen LogP contribution in [0.25, 0.3) is 0 Å². The molecule has 1 aromatic rings. The zero-order chi connectivity index (χ0) is 15.0. The minimum Gasteiger partial charge on any atom is -0.481 e. The highest BCUT2D eigenvalue weighted by atomic mass is 16.4. The topological polar surface area (TPSA) is 129 Å². The van der Waals surface area contributed by atoms with E-state index in [9.17, 15) is 14.4 Å². The summed E-state index contributed by atoms with van der Waals surface area (Å²) in [6.07, 6.45) is 1.50. The Morgan fingerprint density at radius 2 is 2.05 bits per heavy atom. The van der Waals surface area contributed by atoms with Crippen LogP contribution in [0.1, 0.15) is 18.6 Å². The van der Waals surface area contributed by atoms with Gasteiger partial charge in [0.25, 0.3) is 0 Å². The van der Waals surface area contributed by atoms with Crippen LogP contribution in [0.15, 0.2) is 22.8 Å². The van der Waals surface area contributed by atoms with Crippen molar-refractivity contribution in [2.24, 2.45) is 0 Å². The van der Waals surface area contributed by atoms with Crippen molar-refractivity contribution >= 4 is 18.0 Å². The first kappa shape index (κ1) is 15.5. The van der Waals surface area contributed by atoms with Crippen LogP contribution in [0.2, 0.25) is 0 Å². The molecule has 2 amide bonds. The molecule has 110 valence electrons. The number of carbonyl (C=O) groups is 3. The van der Waals surface area contributed by atoms with E-state index in [0.29, 0.717) is 12.2 Å². The predicted octanol–water partition coefficient (Wildman–Crippen LogP) is 0.439. The van der Waals surface area contributed by atoms with E-state index in [0.717, 1.165) is 0 Å². The molecule has 1 unspecified atom stereocenters. The Morgan fingerprint density at radius 1 is 1.30 bits per heavy atom. The van der Waals surface area contributed by atoms with E-state index in [1.54, 1.807) is 12.1 Å². The summed E-state index contributed by atoms with van der Waals surface area (Å²) in [6, 6.07) is 1.60. The Kier molecular flexibility index (Phi) is 6.08. The van der Waals surface area contributed by atoms with Gasteiger partial charge in [-0.05, 0) is 18.6 Å². The lowest BCUT2D eigenvalue weighted by Crippen LogP contribution is -2.46. The van der Waals surface area contributed by atoms with Gasteiger partial charge in [0.1, 0.15) is 11.8 Å². The highest BCUT2D eigenvalue weighted by molar-refractivity contribution is 5.82. The van der Waals surface area contributed by atoms with Crippen molar-refractivity contribution in [3.63, 3.8) is 0 Å². The van der Waals surface area contributed by atoms with Gasteiger partial charge in [0.15, 0.2) is 0 Å². The van der Waals surface area contributed by atoms with Crippen LogP contribution in [0.3, 0.4) is 0 Å². The maximum atomic E-state index is 11.5. The molecule has 8 heteroatoms. The van der Waals surface area contributed by atoms with Crippen LogP contribution < -0.4 is 10.6 Å². The molecule has 0 bridgehead atoms. The Labute approximate surface area is 114 Å². The standard InChI is InChI=1S/C12H16N2O6/c15-10(16)4-3-9(11(17)18)14-12(19)13-6-5-8-2-1-7-20-8/h1-2,7,9H,3-6H2,(H,15,16)(H,17,18)(H2,13,14,19). The lowest BCUT2D eigenvalue weighted by Gasteiger charge is -2.14. The second-order valence-electron chi connectivity index (χ2n) is 4.05. The van der Waals surface area contributed by atoms with Crippen LogP contribution in [-0.4, -0.2) is 40.8 Å². The number of carboxylic acids is 2. The fourth-order valence-electron chi connectivity index (χ4n) is 1.49. The summed E-state index contributed by atoms with van der Waals surface area (Å²) in [5, 5.41) is 22.0. The SMILES string of the molecule is O=C(O)CCC(NC(=O)NCCc1ccco1)C(=O)O. The largest absolute Gasteiger partial charge is 0.481 e. The molecule has 1 aromatic heterocycles. The smallest absolute Gasteiger partial charge is 0.326 e. The molecule has 0 saturated carbocycles. The van der Waals surface area contributed by atoms with E-state index >= 15 is 0 Å². The zero-order valence-electron chi connectivity index (χ0n) is 10.7. The van der Waals surface area contributed by atoms with Gasteiger partial charge in [0, 0.05) is 19.4 Å². The Hall–Kier alpha value is -2.51.